The van der Waals surface area contributed by atoms with Crippen molar-refractivity contribution in [2.45, 2.75) is 39.5 Å². The zero-order valence-electron chi connectivity index (χ0n) is 18.5. The number of hydrogen-bond donors (Lipinski definition) is 0. The number of nitrogens with zero attached hydrogens (tertiary/aromatic N) is 2. The number of carbonyl (C=O) groups excluding carboxylic acids is 1. The van der Waals surface area contributed by atoms with Crippen molar-refractivity contribution in [2.24, 2.45) is 0 Å². The lowest BCUT2D eigenvalue weighted by molar-refractivity contribution is -0.423. The Kier molecular flexibility index (Phi) is 9.81. The second kappa shape index (κ2) is 12.8. The minimum absolute atomic E-state index is 0.165. The highest BCUT2D eigenvalue weighted by atomic mass is 16.6. The third-order valence-corrected chi connectivity index (χ3v) is 4.47. The summed E-state index contributed by atoms with van der Waals surface area (Å²) in [6.45, 7) is 4.76. The minimum atomic E-state index is -0.964. The van der Waals surface area contributed by atoms with E-state index < -0.39 is 32.9 Å². The summed E-state index contributed by atoms with van der Waals surface area (Å²) in [5.74, 6) is -1.01. The van der Waals surface area contributed by atoms with Crippen LogP contribution < -0.4 is 14.2 Å². The van der Waals surface area contributed by atoms with Gasteiger partial charge in [-0.3, -0.25) is 20.2 Å². The van der Waals surface area contributed by atoms with Crippen LogP contribution in [-0.2, 0) is 4.79 Å². The molecule has 0 unspecified atom stereocenters. The Balaban J connectivity index is 2.16. The van der Waals surface area contributed by atoms with Crippen LogP contribution >= 0.6 is 0 Å². The van der Waals surface area contributed by atoms with Gasteiger partial charge in [-0.2, -0.15) is 0 Å². The number of hydrogen-bond acceptors (Lipinski definition) is 8. The molecule has 10 heteroatoms. The second-order valence-electron chi connectivity index (χ2n) is 7.00. The van der Waals surface area contributed by atoms with Crippen LogP contribution in [0.2, 0.25) is 0 Å². The van der Waals surface area contributed by atoms with E-state index in [-0.39, 0.29) is 12.4 Å². The predicted octanol–water partition coefficient (Wildman–Crippen LogP) is 5.48. The van der Waals surface area contributed by atoms with Gasteiger partial charge in [-0.25, -0.2) is 4.79 Å². The lowest BCUT2D eigenvalue weighted by Gasteiger charge is -2.08. The fourth-order valence-electron chi connectivity index (χ4n) is 2.74. The first-order valence-electron chi connectivity index (χ1n) is 10.6. The van der Waals surface area contributed by atoms with Gasteiger partial charge in [0.15, 0.2) is 0 Å². The molecule has 0 aliphatic carbocycles. The molecule has 0 bridgehead atoms. The maximum absolute atomic E-state index is 12.2. The lowest BCUT2D eigenvalue weighted by atomic mass is 10.2. The molecule has 10 nitrogen and oxygen atoms in total. The summed E-state index contributed by atoms with van der Waals surface area (Å²) in [6.07, 6.45) is 5.92. The SMILES string of the molecule is CCCCOc1ccc(C=CC(=O)Oc2ccc(OCCCC)c([N+](=O)[O-])c2[N+](=O)[O-])cc1. The van der Waals surface area contributed by atoms with Crippen LogP contribution in [0, 0.1) is 20.2 Å². The van der Waals surface area contributed by atoms with E-state index in [2.05, 4.69) is 6.92 Å². The molecule has 0 saturated carbocycles. The summed E-state index contributed by atoms with van der Waals surface area (Å²) in [7, 11) is 0. The van der Waals surface area contributed by atoms with Crippen LogP contribution in [0.1, 0.15) is 45.1 Å². The number of benzene rings is 2. The normalized spacial score (nSPS) is 10.7. The number of ether oxygens (including phenoxy) is 3. The van der Waals surface area contributed by atoms with Gasteiger partial charge in [0.2, 0.25) is 11.5 Å². The Morgan fingerprint density at radius 3 is 1.97 bits per heavy atom. The Labute approximate surface area is 191 Å². The van der Waals surface area contributed by atoms with Gasteiger partial charge in [0.05, 0.1) is 23.1 Å². The van der Waals surface area contributed by atoms with Crippen molar-refractivity contribution in [3.8, 4) is 17.2 Å². The molecule has 0 atom stereocenters. The third kappa shape index (κ3) is 7.60. The highest BCUT2D eigenvalue weighted by molar-refractivity contribution is 5.89. The van der Waals surface area contributed by atoms with Crippen molar-refractivity contribution in [2.75, 3.05) is 13.2 Å². The molecule has 0 amide bonds. The first-order chi connectivity index (χ1) is 15.9. The summed E-state index contributed by atoms with van der Waals surface area (Å²) in [6, 6.07) is 9.28. The van der Waals surface area contributed by atoms with E-state index in [1.165, 1.54) is 12.1 Å². The maximum Gasteiger partial charge on any atom is 0.392 e. The molecule has 0 heterocycles. The molecule has 0 aliphatic heterocycles. The zero-order valence-corrected chi connectivity index (χ0v) is 18.5. The van der Waals surface area contributed by atoms with Gasteiger partial charge < -0.3 is 14.2 Å². The lowest BCUT2D eigenvalue weighted by Crippen LogP contribution is -2.09. The molecule has 2 aromatic rings. The van der Waals surface area contributed by atoms with E-state index >= 15 is 0 Å². The molecule has 0 saturated heterocycles. The van der Waals surface area contributed by atoms with E-state index in [1.54, 1.807) is 24.3 Å². The summed E-state index contributed by atoms with van der Waals surface area (Å²) >= 11 is 0. The molecule has 0 N–H and O–H groups in total. The van der Waals surface area contributed by atoms with Gasteiger partial charge in [-0.15, -0.1) is 0 Å². The van der Waals surface area contributed by atoms with Gasteiger partial charge in [0, 0.05) is 6.08 Å². The van der Waals surface area contributed by atoms with Crippen LogP contribution in [-0.4, -0.2) is 29.0 Å². The number of carbonyl (C=O) groups is 1. The summed E-state index contributed by atoms with van der Waals surface area (Å²) in [4.78, 5) is 33.4. The van der Waals surface area contributed by atoms with Crippen LogP contribution in [0.15, 0.2) is 42.5 Å². The van der Waals surface area contributed by atoms with Crippen molar-refractivity contribution in [1.29, 1.82) is 0 Å². The van der Waals surface area contributed by atoms with Crippen molar-refractivity contribution >= 4 is 23.4 Å². The molecule has 176 valence electrons. The number of nitro groups is 2. The van der Waals surface area contributed by atoms with Crippen molar-refractivity contribution in [3.63, 3.8) is 0 Å². The molecule has 0 aromatic heterocycles. The van der Waals surface area contributed by atoms with E-state index in [4.69, 9.17) is 14.2 Å². The molecule has 0 radical (unpaired) electrons. The largest absolute Gasteiger partial charge is 0.494 e. The predicted molar refractivity (Wildman–Crippen MR) is 122 cm³/mol. The van der Waals surface area contributed by atoms with E-state index in [1.807, 2.05) is 6.92 Å². The average Bonchev–Trinajstić information content (AvgIpc) is 2.79. The minimum Gasteiger partial charge on any atom is -0.494 e. The first kappa shape index (κ1) is 25.3. The Morgan fingerprint density at radius 2 is 1.39 bits per heavy atom. The zero-order chi connectivity index (χ0) is 24.2. The maximum atomic E-state index is 12.2. The van der Waals surface area contributed by atoms with Gasteiger partial charge in [-0.1, -0.05) is 38.8 Å². The van der Waals surface area contributed by atoms with E-state index in [0.717, 1.165) is 31.4 Å². The van der Waals surface area contributed by atoms with Crippen molar-refractivity contribution < 1.29 is 28.9 Å². The van der Waals surface area contributed by atoms with Gasteiger partial charge >= 0.3 is 17.3 Å². The Bertz CT molecular complexity index is 1000. The van der Waals surface area contributed by atoms with Crippen LogP contribution in [0.25, 0.3) is 6.08 Å². The number of unbranched alkanes of at least 4 members (excludes halogenated alkanes) is 2. The van der Waals surface area contributed by atoms with Gasteiger partial charge in [-0.05, 0) is 48.7 Å². The highest BCUT2D eigenvalue weighted by Gasteiger charge is 2.35. The number of rotatable bonds is 13. The molecule has 2 rings (SSSR count). The molecule has 0 spiro atoms. The standard InChI is InChI=1S/C23H26N2O8/c1-3-5-15-31-18-10-7-17(8-11-18)9-14-21(26)33-20-13-12-19(32-16-6-4-2)22(24(27)28)23(20)25(29)30/h7-14H,3-6,15-16H2,1-2H3. The third-order valence-electron chi connectivity index (χ3n) is 4.47. The van der Waals surface area contributed by atoms with Gasteiger partial charge in [0.25, 0.3) is 0 Å². The summed E-state index contributed by atoms with van der Waals surface area (Å²) < 4.78 is 15.9. The summed E-state index contributed by atoms with van der Waals surface area (Å²) in [5, 5.41) is 23.0. The van der Waals surface area contributed by atoms with Gasteiger partial charge in [0.1, 0.15) is 5.75 Å². The molecule has 0 aliphatic rings. The monoisotopic (exact) mass is 458 g/mol. The fourth-order valence-corrected chi connectivity index (χ4v) is 2.74. The molecular formula is C23H26N2O8. The van der Waals surface area contributed by atoms with E-state index in [0.29, 0.717) is 24.3 Å². The first-order valence-corrected chi connectivity index (χ1v) is 10.6. The quantitative estimate of drug-likeness (QED) is 0.0963. The number of nitro benzene ring substituents is 2. The van der Waals surface area contributed by atoms with Crippen LogP contribution in [0.3, 0.4) is 0 Å². The smallest absolute Gasteiger partial charge is 0.392 e. The van der Waals surface area contributed by atoms with Crippen LogP contribution in [0.5, 0.6) is 17.2 Å². The molecular weight excluding hydrogens is 432 g/mol. The Morgan fingerprint density at radius 1 is 0.848 bits per heavy atom. The van der Waals surface area contributed by atoms with E-state index in [9.17, 15) is 25.0 Å². The highest BCUT2D eigenvalue weighted by Crippen LogP contribution is 2.43. The molecule has 33 heavy (non-hydrogen) atoms. The Hall–Kier alpha value is -3.95. The van der Waals surface area contributed by atoms with Crippen molar-refractivity contribution in [3.05, 3.63) is 68.3 Å². The second-order valence-corrected chi connectivity index (χ2v) is 7.00. The summed E-state index contributed by atoms with van der Waals surface area (Å²) in [5.41, 5.74) is -1.12. The fraction of sp³-hybridized carbons (Fsp3) is 0.348. The average molecular weight is 458 g/mol. The molecule has 2 aromatic carbocycles. The molecule has 0 fully saturated rings. The van der Waals surface area contributed by atoms with Crippen molar-refractivity contribution in [1.82, 2.24) is 0 Å². The topological polar surface area (TPSA) is 131 Å². The van der Waals surface area contributed by atoms with Crippen LogP contribution in [0.4, 0.5) is 11.4 Å². The number of esters is 1.